The zero-order valence-corrected chi connectivity index (χ0v) is 9.91. The van der Waals surface area contributed by atoms with Crippen LogP contribution in [0, 0.1) is 0 Å². The molecule has 1 amide bonds. The molecule has 0 unspecified atom stereocenters. The van der Waals surface area contributed by atoms with Gasteiger partial charge in [0.15, 0.2) is 0 Å². The number of hydrogen-bond donors (Lipinski definition) is 2. The summed E-state index contributed by atoms with van der Waals surface area (Å²) in [5.41, 5.74) is 0.946. The summed E-state index contributed by atoms with van der Waals surface area (Å²) in [4.78, 5) is 16.3. The Hall–Kier alpha value is -1.85. The van der Waals surface area contributed by atoms with Gasteiger partial charge in [-0.25, -0.2) is 10.7 Å². The van der Waals surface area contributed by atoms with E-state index in [1.54, 1.807) is 0 Å². The van der Waals surface area contributed by atoms with Crippen molar-refractivity contribution in [2.45, 2.75) is 25.2 Å². The van der Waals surface area contributed by atoms with E-state index in [4.69, 9.17) is 15.5 Å². The normalized spacial score (nSPS) is 21.8. The molecule has 18 heavy (non-hydrogen) atoms. The Morgan fingerprint density at radius 2 is 2.17 bits per heavy atom. The average molecular weight is 248 g/mol. The van der Waals surface area contributed by atoms with Gasteiger partial charge >= 0.3 is 6.09 Å². The van der Waals surface area contributed by atoms with Crippen LogP contribution < -0.4 is 11.2 Å². The molecule has 5 heteroatoms. The fraction of sp³-hybridized carbons (Fsp3) is 0.308. The van der Waals surface area contributed by atoms with Crippen LogP contribution >= 0.6 is 0 Å². The first-order valence-corrected chi connectivity index (χ1v) is 5.79. The topological polar surface area (TPSA) is 73.6 Å². The maximum absolute atomic E-state index is 11.6. The molecule has 96 valence electrons. The van der Waals surface area contributed by atoms with Gasteiger partial charge in [0.05, 0.1) is 6.04 Å². The molecule has 2 atom stereocenters. The molecule has 0 saturated heterocycles. The van der Waals surface area contributed by atoms with Crippen molar-refractivity contribution in [3.05, 3.63) is 48.0 Å². The van der Waals surface area contributed by atoms with Gasteiger partial charge in [-0.2, -0.15) is 0 Å². The van der Waals surface area contributed by atoms with Gasteiger partial charge in [0.25, 0.3) is 0 Å². The van der Waals surface area contributed by atoms with Gasteiger partial charge in [0.2, 0.25) is 0 Å². The number of carbonyl (C=O) groups excluding carboxylic acids is 1. The molecule has 2 rings (SSSR count). The molecule has 0 fully saturated rings. The summed E-state index contributed by atoms with van der Waals surface area (Å²) in [6, 6.07) is 9.28. The lowest BCUT2D eigenvalue weighted by atomic mass is 10.2. The largest absolute Gasteiger partial charge is 0.445 e. The molecule has 0 aliphatic heterocycles. The van der Waals surface area contributed by atoms with Crippen LogP contribution in [0.2, 0.25) is 0 Å². The molecule has 1 aromatic carbocycles. The number of benzene rings is 1. The lowest BCUT2D eigenvalue weighted by molar-refractivity contribution is 0.0424. The smallest absolute Gasteiger partial charge is 0.408 e. The number of amides is 1. The Labute approximate surface area is 106 Å². The minimum absolute atomic E-state index is 0.214. The van der Waals surface area contributed by atoms with Crippen molar-refractivity contribution in [2.75, 3.05) is 0 Å². The molecule has 0 saturated carbocycles. The Morgan fingerprint density at radius 3 is 2.89 bits per heavy atom. The fourth-order valence-electron chi connectivity index (χ4n) is 1.81. The number of nitrogens with two attached hydrogens (primary N) is 1. The Bertz CT molecular complexity index is 420. The van der Waals surface area contributed by atoms with Crippen LogP contribution in [0.3, 0.4) is 0 Å². The van der Waals surface area contributed by atoms with E-state index >= 15 is 0 Å². The molecule has 3 N–H and O–H groups in total. The van der Waals surface area contributed by atoms with E-state index < -0.39 is 6.09 Å². The quantitative estimate of drug-likeness (QED) is 0.625. The molecular formula is C13H16N2O3. The van der Waals surface area contributed by atoms with E-state index in [1.165, 1.54) is 0 Å². The Balaban J connectivity index is 1.77. The highest BCUT2D eigenvalue weighted by atomic mass is 16.6. The standard InChI is InChI=1S/C13H16N2O3/c14-18-12-8-4-7-11(12)15-13(16)17-9-10-5-2-1-3-6-10/h1-7,11-12H,8-9,14H2,(H,15,16)/t11-,12+/m1/s1. The first-order chi connectivity index (χ1) is 8.79. The van der Waals surface area contributed by atoms with Crippen molar-refractivity contribution in [3.63, 3.8) is 0 Å². The zero-order chi connectivity index (χ0) is 12.8. The predicted octanol–water partition coefficient (Wildman–Crippen LogP) is 1.50. The van der Waals surface area contributed by atoms with Gasteiger partial charge in [0, 0.05) is 0 Å². The summed E-state index contributed by atoms with van der Waals surface area (Å²) in [5, 5.41) is 2.70. The number of ether oxygens (including phenoxy) is 1. The summed E-state index contributed by atoms with van der Waals surface area (Å²) in [7, 11) is 0. The number of nitrogens with one attached hydrogen (secondary N) is 1. The molecule has 0 heterocycles. The van der Waals surface area contributed by atoms with Gasteiger partial charge in [0.1, 0.15) is 12.7 Å². The van der Waals surface area contributed by atoms with Crippen molar-refractivity contribution in [3.8, 4) is 0 Å². The van der Waals surface area contributed by atoms with Crippen LogP contribution in [0.25, 0.3) is 0 Å². The van der Waals surface area contributed by atoms with E-state index in [2.05, 4.69) is 5.32 Å². The van der Waals surface area contributed by atoms with E-state index in [1.807, 2.05) is 42.5 Å². The molecule has 0 aromatic heterocycles. The minimum atomic E-state index is -0.475. The molecule has 1 aliphatic carbocycles. The van der Waals surface area contributed by atoms with Gasteiger partial charge in [-0.3, -0.25) is 4.84 Å². The van der Waals surface area contributed by atoms with Crippen molar-refractivity contribution in [1.82, 2.24) is 5.32 Å². The average Bonchev–Trinajstić information content (AvgIpc) is 2.85. The third-order valence-electron chi connectivity index (χ3n) is 2.78. The minimum Gasteiger partial charge on any atom is -0.445 e. The number of hydrogen-bond acceptors (Lipinski definition) is 4. The van der Waals surface area contributed by atoms with Crippen molar-refractivity contribution >= 4 is 6.09 Å². The molecule has 1 aliphatic rings. The van der Waals surface area contributed by atoms with E-state index in [9.17, 15) is 4.79 Å². The lowest BCUT2D eigenvalue weighted by Gasteiger charge is -2.18. The molecule has 1 aromatic rings. The number of alkyl carbamates (subject to hydrolysis) is 1. The predicted molar refractivity (Wildman–Crippen MR) is 66.4 cm³/mol. The second-order valence-electron chi connectivity index (χ2n) is 4.07. The first kappa shape index (κ1) is 12.6. The van der Waals surface area contributed by atoms with Gasteiger partial charge in [-0.1, -0.05) is 42.5 Å². The van der Waals surface area contributed by atoms with E-state index in [0.717, 1.165) is 5.56 Å². The maximum atomic E-state index is 11.6. The van der Waals surface area contributed by atoms with Crippen LogP contribution in [0.1, 0.15) is 12.0 Å². The van der Waals surface area contributed by atoms with Gasteiger partial charge in [-0.05, 0) is 12.0 Å². The first-order valence-electron chi connectivity index (χ1n) is 5.79. The van der Waals surface area contributed by atoms with Crippen LogP contribution in [0.5, 0.6) is 0 Å². The molecule has 5 nitrogen and oxygen atoms in total. The van der Waals surface area contributed by atoms with Crippen LogP contribution in [-0.2, 0) is 16.2 Å². The molecule has 0 radical (unpaired) electrons. The van der Waals surface area contributed by atoms with Gasteiger partial charge in [-0.15, -0.1) is 0 Å². The summed E-state index contributed by atoms with van der Waals surface area (Å²) in [5.74, 6) is 5.13. The number of carbonyl (C=O) groups is 1. The van der Waals surface area contributed by atoms with Crippen molar-refractivity contribution in [1.29, 1.82) is 0 Å². The van der Waals surface area contributed by atoms with Crippen LogP contribution in [0.15, 0.2) is 42.5 Å². The maximum Gasteiger partial charge on any atom is 0.408 e. The van der Waals surface area contributed by atoms with Crippen molar-refractivity contribution < 1.29 is 14.4 Å². The highest BCUT2D eigenvalue weighted by molar-refractivity contribution is 5.68. The summed E-state index contributed by atoms with van der Waals surface area (Å²) in [6.07, 6.45) is 3.77. The monoisotopic (exact) mass is 248 g/mol. The zero-order valence-electron chi connectivity index (χ0n) is 9.91. The Morgan fingerprint density at radius 1 is 1.39 bits per heavy atom. The summed E-state index contributed by atoms with van der Waals surface area (Å²) < 4.78 is 5.10. The number of rotatable bonds is 4. The van der Waals surface area contributed by atoms with Crippen LogP contribution in [0.4, 0.5) is 4.79 Å². The highest BCUT2D eigenvalue weighted by Crippen LogP contribution is 2.13. The van der Waals surface area contributed by atoms with E-state index in [0.29, 0.717) is 6.42 Å². The second kappa shape index (κ2) is 6.18. The summed E-state index contributed by atoms with van der Waals surface area (Å²) in [6.45, 7) is 0.247. The third-order valence-corrected chi connectivity index (χ3v) is 2.78. The Kier molecular flexibility index (Phi) is 4.33. The van der Waals surface area contributed by atoms with Gasteiger partial charge < -0.3 is 10.1 Å². The van der Waals surface area contributed by atoms with E-state index in [-0.39, 0.29) is 18.8 Å². The van der Waals surface area contributed by atoms with Crippen molar-refractivity contribution in [2.24, 2.45) is 5.90 Å². The SMILES string of the molecule is NO[C@H]1CC=C[C@H]1NC(=O)OCc1ccccc1. The highest BCUT2D eigenvalue weighted by Gasteiger charge is 2.25. The summed E-state index contributed by atoms with van der Waals surface area (Å²) >= 11 is 0. The fourth-order valence-corrected chi connectivity index (χ4v) is 1.81. The van der Waals surface area contributed by atoms with Crippen LogP contribution in [-0.4, -0.2) is 18.2 Å². The molecule has 0 spiro atoms. The second-order valence-corrected chi connectivity index (χ2v) is 4.07. The third kappa shape index (κ3) is 3.32. The molecular weight excluding hydrogens is 232 g/mol. The lowest BCUT2D eigenvalue weighted by Crippen LogP contribution is -2.42. The molecule has 0 bridgehead atoms.